The number of sulfone groups is 1. The molecule has 0 unspecified atom stereocenters. The molecule has 1 amide bonds. The first-order chi connectivity index (χ1) is 9.77. The van der Waals surface area contributed by atoms with E-state index in [0.717, 1.165) is 18.5 Å². The molecule has 0 aliphatic heterocycles. The van der Waals surface area contributed by atoms with E-state index in [0.29, 0.717) is 0 Å². The van der Waals surface area contributed by atoms with Gasteiger partial charge in [0.15, 0.2) is 9.84 Å². The fourth-order valence-corrected chi connectivity index (χ4v) is 2.38. The predicted molar refractivity (Wildman–Crippen MR) is 76.7 cm³/mol. The highest BCUT2D eigenvalue weighted by atomic mass is 35.5. The maximum atomic E-state index is 13.0. The number of hydrogen-bond donors (Lipinski definition) is 1. The third-order valence-corrected chi connectivity index (χ3v) is 4.04. The molecule has 0 saturated carbocycles. The van der Waals surface area contributed by atoms with Crippen molar-refractivity contribution in [3.63, 3.8) is 0 Å². The summed E-state index contributed by atoms with van der Waals surface area (Å²) in [6.07, 6.45) is 2.19. The van der Waals surface area contributed by atoms with Gasteiger partial charge in [0.2, 0.25) is 5.95 Å². The summed E-state index contributed by atoms with van der Waals surface area (Å²) in [7, 11) is -3.43. The lowest BCUT2D eigenvalue weighted by Crippen LogP contribution is -2.13. The maximum absolute atomic E-state index is 13.0. The number of aromatic nitrogens is 1. The van der Waals surface area contributed by atoms with Gasteiger partial charge in [0.25, 0.3) is 5.91 Å². The van der Waals surface area contributed by atoms with Gasteiger partial charge >= 0.3 is 0 Å². The molecule has 2 aromatic rings. The summed E-state index contributed by atoms with van der Waals surface area (Å²) >= 11 is 5.91. The molecular formula is C13H10ClFN2O3S. The number of anilines is 1. The topological polar surface area (TPSA) is 76.1 Å². The van der Waals surface area contributed by atoms with E-state index in [1.807, 2.05) is 0 Å². The smallest absolute Gasteiger partial charge is 0.255 e. The van der Waals surface area contributed by atoms with Gasteiger partial charge in [-0.25, -0.2) is 13.4 Å². The van der Waals surface area contributed by atoms with Crippen molar-refractivity contribution in [2.75, 3.05) is 11.6 Å². The molecule has 0 atom stereocenters. The summed E-state index contributed by atoms with van der Waals surface area (Å²) < 4.78 is 35.9. The second-order valence-corrected chi connectivity index (χ2v) is 6.66. The van der Waals surface area contributed by atoms with E-state index in [4.69, 9.17) is 11.6 Å². The van der Waals surface area contributed by atoms with Crippen LogP contribution in [0.1, 0.15) is 10.4 Å². The Morgan fingerprint density at radius 3 is 2.62 bits per heavy atom. The lowest BCUT2D eigenvalue weighted by Gasteiger charge is -2.09. The monoisotopic (exact) mass is 328 g/mol. The van der Waals surface area contributed by atoms with E-state index in [-0.39, 0.29) is 21.2 Å². The van der Waals surface area contributed by atoms with Crippen molar-refractivity contribution in [2.45, 2.75) is 4.90 Å². The van der Waals surface area contributed by atoms with Crippen LogP contribution in [0.2, 0.25) is 5.02 Å². The molecule has 21 heavy (non-hydrogen) atoms. The predicted octanol–water partition coefficient (Wildman–Crippen LogP) is 2.53. The van der Waals surface area contributed by atoms with Crippen LogP contribution in [0.5, 0.6) is 0 Å². The Bertz CT molecular complexity index is 809. The highest BCUT2D eigenvalue weighted by Crippen LogP contribution is 2.25. The quantitative estimate of drug-likeness (QED) is 0.878. The fourth-order valence-electron chi connectivity index (χ4n) is 1.57. The molecule has 1 N–H and O–H groups in total. The van der Waals surface area contributed by atoms with Gasteiger partial charge in [0.1, 0.15) is 0 Å². The maximum Gasteiger partial charge on any atom is 0.255 e. The number of halogens is 2. The van der Waals surface area contributed by atoms with Gasteiger partial charge in [-0.15, -0.1) is 0 Å². The number of carbonyl (C=O) groups is 1. The van der Waals surface area contributed by atoms with Crippen LogP contribution in [0, 0.1) is 5.95 Å². The van der Waals surface area contributed by atoms with Crippen molar-refractivity contribution in [2.24, 2.45) is 0 Å². The summed E-state index contributed by atoms with van der Waals surface area (Å²) in [5.74, 6) is -1.41. The van der Waals surface area contributed by atoms with Gasteiger partial charge in [-0.2, -0.15) is 4.39 Å². The van der Waals surface area contributed by atoms with E-state index in [9.17, 15) is 17.6 Å². The minimum Gasteiger partial charge on any atom is -0.321 e. The first kappa shape index (κ1) is 15.4. The van der Waals surface area contributed by atoms with Crippen LogP contribution in [0.15, 0.2) is 41.4 Å². The molecular weight excluding hydrogens is 319 g/mol. The summed E-state index contributed by atoms with van der Waals surface area (Å²) in [5, 5.41) is 2.61. The number of hydrogen-bond acceptors (Lipinski definition) is 4. The van der Waals surface area contributed by atoms with Gasteiger partial charge in [0, 0.05) is 24.1 Å². The van der Waals surface area contributed by atoms with Crippen molar-refractivity contribution in [3.8, 4) is 0 Å². The zero-order valence-electron chi connectivity index (χ0n) is 10.8. The van der Waals surface area contributed by atoms with E-state index in [1.54, 1.807) is 0 Å². The first-order valence-electron chi connectivity index (χ1n) is 5.70. The van der Waals surface area contributed by atoms with Crippen LogP contribution in [-0.2, 0) is 9.84 Å². The Morgan fingerprint density at radius 2 is 2.00 bits per heavy atom. The molecule has 0 saturated heterocycles. The molecule has 1 aromatic heterocycles. The fraction of sp³-hybridized carbons (Fsp3) is 0.0769. The van der Waals surface area contributed by atoms with E-state index in [1.165, 1.54) is 24.3 Å². The normalized spacial score (nSPS) is 11.2. The average Bonchev–Trinajstić information content (AvgIpc) is 2.40. The van der Waals surface area contributed by atoms with E-state index in [2.05, 4.69) is 10.3 Å². The number of pyridine rings is 1. The van der Waals surface area contributed by atoms with Crippen molar-refractivity contribution in [1.82, 2.24) is 4.98 Å². The molecule has 8 heteroatoms. The first-order valence-corrected chi connectivity index (χ1v) is 7.97. The van der Waals surface area contributed by atoms with Crippen molar-refractivity contribution in [3.05, 3.63) is 53.1 Å². The largest absolute Gasteiger partial charge is 0.321 e. The number of nitrogens with zero attached hydrogens (tertiary/aromatic N) is 1. The Morgan fingerprint density at radius 1 is 1.29 bits per heavy atom. The molecule has 0 spiro atoms. The summed E-state index contributed by atoms with van der Waals surface area (Å²) in [6, 6.07) is 6.23. The third-order valence-electron chi connectivity index (χ3n) is 2.60. The van der Waals surface area contributed by atoms with Crippen LogP contribution >= 0.6 is 11.6 Å². The number of nitrogens with one attached hydrogen (secondary N) is 1. The highest BCUT2D eigenvalue weighted by molar-refractivity contribution is 7.90. The zero-order chi connectivity index (χ0) is 15.6. The molecule has 1 heterocycles. The van der Waals surface area contributed by atoms with Crippen molar-refractivity contribution in [1.29, 1.82) is 0 Å². The van der Waals surface area contributed by atoms with Crippen LogP contribution in [0.25, 0.3) is 0 Å². The minimum atomic E-state index is -3.43. The number of rotatable bonds is 3. The molecule has 0 aliphatic carbocycles. The standard InChI is InChI=1S/C13H10ClFN2O3S/c1-21(19,20)9-2-3-10(14)11(7-9)17-13(18)8-4-5-16-12(15)6-8/h2-7H,1H3,(H,17,18). The average molecular weight is 329 g/mol. The van der Waals surface area contributed by atoms with Crippen LogP contribution in [0.4, 0.5) is 10.1 Å². The summed E-state index contributed by atoms with van der Waals surface area (Å²) in [4.78, 5) is 15.3. The molecule has 5 nitrogen and oxygen atoms in total. The SMILES string of the molecule is CS(=O)(=O)c1ccc(Cl)c(NC(=O)c2ccnc(F)c2)c1. The summed E-state index contributed by atoms with van der Waals surface area (Å²) in [5.41, 5.74) is 0.171. The van der Waals surface area contributed by atoms with Crippen LogP contribution in [-0.4, -0.2) is 25.6 Å². The van der Waals surface area contributed by atoms with Crippen LogP contribution in [0.3, 0.4) is 0 Å². The molecule has 0 aliphatic rings. The third kappa shape index (κ3) is 3.77. The van der Waals surface area contributed by atoms with Gasteiger partial charge in [-0.3, -0.25) is 4.79 Å². The Balaban J connectivity index is 2.33. The molecule has 1 aromatic carbocycles. The van der Waals surface area contributed by atoms with Gasteiger partial charge in [-0.1, -0.05) is 11.6 Å². The second kappa shape index (κ2) is 5.79. The number of amides is 1. The van der Waals surface area contributed by atoms with Crippen molar-refractivity contribution >= 4 is 33.0 Å². The minimum absolute atomic E-state index is 0.0168. The highest BCUT2D eigenvalue weighted by Gasteiger charge is 2.13. The molecule has 2 rings (SSSR count). The van der Waals surface area contributed by atoms with Crippen molar-refractivity contribution < 1.29 is 17.6 Å². The zero-order valence-corrected chi connectivity index (χ0v) is 12.4. The molecule has 0 fully saturated rings. The van der Waals surface area contributed by atoms with E-state index >= 15 is 0 Å². The number of carbonyl (C=O) groups excluding carboxylic acids is 1. The van der Waals surface area contributed by atoms with Crippen LogP contribution < -0.4 is 5.32 Å². The molecule has 110 valence electrons. The van der Waals surface area contributed by atoms with Gasteiger partial charge < -0.3 is 5.32 Å². The molecule has 0 bridgehead atoms. The summed E-state index contributed by atoms with van der Waals surface area (Å²) in [6.45, 7) is 0. The second-order valence-electron chi connectivity index (χ2n) is 4.24. The Kier molecular flexibility index (Phi) is 4.24. The number of benzene rings is 1. The van der Waals surface area contributed by atoms with E-state index < -0.39 is 21.7 Å². The van der Waals surface area contributed by atoms with Gasteiger partial charge in [-0.05, 0) is 24.3 Å². The lowest BCUT2D eigenvalue weighted by atomic mass is 10.2. The van der Waals surface area contributed by atoms with Gasteiger partial charge in [0.05, 0.1) is 15.6 Å². The Hall–Kier alpha value is -1.99. The lowest BCUT2D eigenvalue weighted by molar-refractivity contribution is 0.102. The molecule has 0 radical (unpaired) electrons. The Labute approximate surface area is 125 Å².